The molecule has 0 unspecified atom stereocenters. The number of nitrogens with zero attached hydrogens (tertiary/aromatic N) is 2. The molecule has 28 heavy (non-hydrogen) atoms. The lowest BCUT2D eigenvalue weighted by atomic mass is 10.1. The van der Waals surface area contributed by atoms with E-state index in [1.807, 2.05) is 0 Å². The monoisotopic (exact) mass is 444 g/mol. The van der Waals surface area contributed by atoms with Crippen molar-refractivity contribution in [3.8, 4) is 0 Å². The van der Waals surface area contributed by atoms with Gasteiger partial charge in [0.1, 0.15) is 9.79 Å². The summed E-state index contributed by atoms with van der Waals surface area (Å²) in [5.74, 6) is -2.42. The van der Waals surface area contributed by atoms with Gasteiger partial charge in [-0.15, -0.1) is 0 Å². The van der Waals surface area contributed by atoms with Crippen molar-refractivity contribution < 1.29 is 34.8 Å². The molecule has 0 spiro atoms. The summed E-state index contributed by atoms with van der Waals surface area (Å²) >= 11 is 0. The smallest absolute Gasteiger partial charge is 0.284 e. The number of hydrogen-bond donors (Lipinski definition) is 0. The second kappa shape index (κ2) is 8.89. The van der Waals surface area contributed by atoms with Gasteiger partial charge in [0.2, 0.25) is 20.0 Å². The summed E-state index contributed by atoms with van der Waals surface area (Å²) in [5.41, 5.74) is -1.22. The molecule has 0 heterocycles. The molecule has 1 aromatic rings. The Morgan fingerprint density at radius 2 is 1.29 bits per heavy atom. The Morgan fingerprint density at radius 1 is 0.857 bits per heavy atom. The van der Waals surface area contributed by atoms with Gasteiger partial charge in [-0.05, 0) is 12.1 Å². The number of ketones is 1. The van der Waals surface area contributed by atoms with E-state index in [9.17, 15) is 34.8 Å². The second-order valence-corrected chi connectivity index (χ2v) is 9.42. The predicted molar refractivity (Wildman–Crippen MR) is 97.0 cm³/mol. The molecule has 0 aliphatic heterocycles. The number of benzene rings is 1. The van der Waals surface area contributed by atoms with E-state index in [4.69, 9.17) is 0 Å². The van der Waals surface area contributed by atoms with Crippen LogP contribution in [0.25, 0.3) is 0 Å². The van der Waals surface area contributed by atoms with E-state index >= 15 is 0 Å². The van der Waals surface area contributed by atoms with Gasteiger partial charge in [-0.25, -0.2) is 16.8 Å². The lowest BCUT2D eigenvalue weighted by molar-refractivity contribution is -0.0887. The highest BCUT2D eigenvalue weighted by Crippen LogP contribution is 2.33. The van der Waals surface area contributed by atoms with Crippen LogP contribution in [-0.2, 0) is 20.0 Å². The molecule has 1 aromatic carbocycles. The van der Waals surface area contributed by atoms with Gasteiger partial charge in [-0.3, -0.25) is 4.79 Å². The summed E-state index contributed by atoms with van der Waals surface area (Å²) in [4.78, 5) is 9.91. The molecule has 7 nitrogen and oxygen atoms in total. The molecule has 160 valence electrons. The van der Waals surface area contributed by atoms with Crippen LogP contribution in [0.15, 0.2) is 28.0 Å². The largest absolute Gasteiger partial charge is 0.454 e. The highest BCUT2D eigenvalue weighted by molar-refractivity contribution is 7.92. The topological polar surface area (TPSA) is 91.8 Å². The number of halogens is 3. The summed E-state index contributed by atoms with van der Waals surface area (Å²) < 4.78 is 92.9. The molecule has 0 saturated carbocycles. The van der Waals surface area contributed by atoms with E-state index in [1.165, 1.54) is 27.7 Å². The van der Waals surface area contributed by atoms with Crippen molar-refractivity contribution in [2.75, 3.05) is 26.2 Å². The standard InChI is InChI=1S/C16H23F3N2O5S2/c1-5-20(6-2)27(23,24)13-11-9-10-12(15(22)16(17,18)19)14(13)28(25,26)21(7-3)8-4/h9-11H,5-8H2,1-4H3. The zero-order chi connectivity index (χ0) is 21.9. The summed E-state index contributed by atoms with van der Waals surface area (Å²) in [5, 5.41) is 0. The Bertz CT molecular complexity index is 920. The molecule has 0 saturated heterocycles. The molecule has 12 heteroatoms. The predicted octanol–water partition coefficient (Wildman–Crippen LogP) is 2.49. The molecule has 0 N–H and O–H groups in total. The second-order valence-electron chi connectivity index (χ2n) is 5.64. The maximum atomic E-state index is 13.1. The number of Topliss-reactive ketones (excluding diaryl/α,β-unsaturated/α-hetero) is 1. The first-order valence-electron chi connectivity index (χ1n) is 8.55. The van der Waals surface area contributed by atoms with Crippen LogP contribution < -0.4 is 0 Å². The van der Waals surface area contributed by atoms with Crippen LogP contribution >= 0.6 is 0 Å². The lowest BCUT2D eigenvalue weighted by Gasteiger charge is -2.25. The number of hydrogen-bond acceptors (Lipinski definition) is 5. The van der Waals surface area contributed by atoms with Gasteiger partial charge < -0.3 is 0 Å². The Balaban J connectivity index is 4.04. The van der Waals surface area contributed by atoms with Gasteiger partial charge in [0.05, 0.1) is 0 Å². The maximum Gasteiger partial charge on any atom is 0.454 e. The molecule has 0 fully saturated rings. The normalized spacial score (nSPS) is 13.3. The van der Waals surface area contributed by atoms with E-state index in [1.54, 1.807) is 0 Å². The molecular weight excluding hydrogens is 421 g/mol. The van der Waals surface area contributed by atoms with E-state index in [0.29, 0.717) is 6.07 Å². The van der Waals surface area contributed by atoms with Gasteiger partial charge in [0.25, 0.3) is 5.78 Å². The molecular formula is C16H23F3N2O5S2. The first-order valence-corrected chi connectivity index (χ1v) is 11.4. The molecule has 0 bridgehead atoms. The average molecular weight is 444 g/mol. The first kappa shape index (κ1) is 24.5. The Morgan fingerprint density at radius 3 is 1.68 bits per heavy atom. The minimum Gasteiger partial charge on any atom is -0.284 e. The molecule has 0 atom stereocenters. The quantitative estimate of drug-likeness (QED) is 0.546. The number of rotatable bonds is 9. The van der Waals surface area contributed by atoms with Crippen LogP contribution in [0.4, 0.5) is 13.2 Å². The molecule has 0 amide bonds. The van der Waals surface area contributed by atoms with E-state index < -0.39 is 47.4 Å². The van der Waals surface area contributed by atoms with Crippen LogP contribution in [-0.4, -0.2) is 63.6 Å². The van der Waals surface area contributed by atoms with Crippen molar-refractivity contribution in [1.82, 2.24) is 8.61 Å². The van der Waals surface area contributed by atoms with Crippen molar-refractivity contribution in [3.63, 3.8) is 0 Å². The van der Waals surface area contributed by atoms with Crippen LogP contribution in [0.2, 0.25) is 0 Å². The van der Waals surface area contributed by atoms with Gasteiger partial charge in [-0.2, -0.15) is 21.8 Å². The Kier molecular flexibility index (Phi) is 7.79. The van der Waals surface area contributed by atoms with E-state index in [2.05, 4.69) is 0 Å². The van der Waals surface area contributed by atoms with Gasteiger partial charge in [-0.1, -0.05) is 33.8 Å². The highest BCUT2D eigenvalue weighted by Gasteiger charge is 2.45. The average Bonchev–Trinajstić information content (AvgIpc) is 2.61. The van der Waals surface area contributed by atoms with Crippen LogP contribution in [0.1, 0.15) is 38.1 Å². The SMILES string of the molecule is CCN(CC)S(=O)(=O)c1cccc(C(=O)C(F)(F)F)c1S(=O)(=O)N(CC)CC. The number of carbonyl (C=O) groups excluding carboxylic acids is 1. The fourth-order valence-corrected chi connectivity index (χ4v) is 6.60. The Hall–Kier alpha value is -1.50. The van der Waals surface area contributed by atoms with Gasteiger partial charge in [0.15, 0.2) is 0 Å². The van der Waals surface area contributed by atoms with Crippen LogP contribution in [0, 0.1) is 0 Å². The summed E-state index contributed by atoms with van der Waals surface area (Å²) in [7, 11) is -9.15. The van der Waals surface area contributed by atoms with Crippen molar-refractivity contribution in [2.24, 2.45) is 0 Å². The fourth-order valence-electron chi connectivity index (χ4n) is 2.71. The third-order valence-electron chi connectivity index (χ3n) is 4.11. The van der Waals surface area contributed by atoms with E-state index in [0.717, 1.165) is 20.7 Å². The lowest BCUT2D eigenvalue weighted by Crippen LogP contribution is -2.37. The van der Waals surface area contributed by atoms with Gasteiger partial charge in [0, 0.05) is 31.7 Å². The number of alkyl halides is 3. The molecule has 0 aromatic heterocycles. The Labute approximate surface area is 163 Å². The summed E-state index contributed by atoms with van der Waals surface area (Å²) in [6.45, 7) is 5.63. The molecule has 0 radical (unpaired) electrons. The summed E-state index contributed by atoms with van der Waals surface area (Å²) in [6.07, 6.45) is -5.37. The van der Waals surface area contributed by atoms with Crippen molar-refractivity contribution in [1.29, 1.82) is 0 Å². The molecule has 0 aliphatic carbocycles. The van der Waals surface area contributed by atoms with Crippen molar-refractivity contribution >= 4 is 25.8 Å². The van der Waals surface area contributed by atoms with Crippen LogP contribution in [0.5, 0.6) is 0 Å². The van der Waals surface area contributed by atoms with Crippen LogP contribution in [0.3, 0.4) is 0 Å². The fraction of sp³-hybridized carbons (Fsp3) is 0.562. The maximum absolute atomic E-state index is 13.1. The summed E-state index contributed by atoms with van der Waals surface area (Å²) in [6, 6.07) is 2.50. The highest BCUT2D eigenvalue weighted by atomic mass is 32.2. The minimum absolute atomic E-state index is 0.0268. The van der Waals surface area contributed by atoms with Gasteiger partial charge >= 0.3 is 6.18 Å². The first-order chi connectivity index (χ1) is 12.8. The van der Waals surface area contributed by atoms with E-state index in [-0.39, 0.29) is 26.2 Å². The number of carbonyl (C=O) groups is 1. The van der Waals surface area contributed by atoms with Crippen molar-refractivity contribution in [3.05, 3.63) is 23.8 Å². The van der Waals surface area contributed by atoms with Crippen molar-refractivity contribution in [2.45, 2.75) is 43.7 Å². The molecule has 0 aliphatic rings. The zero-order valence-corrected chi connectivity index (χ0v) is 17.6. The minimum atomic E-state index is -5.37. The third-order valence-corrected chi connectivity index (χ3v) is 8.48. The number of sulfonamides is 2. The molecule has 1 rings (SSSR count). The third kappa shape index (κ3) is 4.56. The zero-order valence-electron chi connectivity index (χ0n) is 15.9.